The van der Waals surface area contributed by atoms with Crippen LogP contribution in [0.3, 0.4) is 0 Å². The first-order valence-corrected chi connectivity index (χ1v) is 9.16. The Hall–Kier alpha value is -3.95. The van der Waals surface area contributed by atoms with Crippen molar-refractivity contribution in [3.05, 3.63) is 54.1 Å². The average Bonchev–Trinajstić information content (AvgIpc) is 2.83. The topological polar surface area (TPSA) is 145 Å². The second kappa shape index (κ2) is 8.60. The van der Waals surface area contributed by atoms with E-state index in [1.54, 1.807) is 29.6 Å². The highest BCUT2D eigenvalue weighted by atomic mass is 16.4. The van der Waals surface area contributed by atoms with Crippen LogP contribution in [0.15, 0.2) is 53.6 Å². The number of benzene rings is 1. The fraction of sp³-hybridized carbons (Fsp3) is 0.250. The number of likely N-dealkylation sites (N-methyl/N-ethyl adjacent to an activating group) is 1. The minimum absolute atomic E-state index is 0.152. The summed E-state index contributed by atoms with van der Waals surface area (Å²) in [6, 6.07) is 6.01. The molecule has 10 nitrogen and oxygen atoms in total. The van der Waals surface area contributed by atoms with Crippen LogP contribution in [0, 0.1) is 5.92 Å². The lowest BCUT2D eigenvalue weighted by Crippen LogP contribution is -2.52. The molecule has 0 spiro atoms. The first-order chi connectivity index (χ1) is 14.3. The van der Waals surface area contributed by atoms with Crippen LogP contribution in [0.1, 0.15) is 12.0 Å². The van der Waals surface area contributed by atoms with E-state index in [-0.39, 0.29) is 5.92 Å². The van der Waals surface area contributed by atoms with Gasteiger partial charge in [0.15, 0.2) is 0 Å². The van der Waals surface area contributed by atoms with Gasteiger partial charge in [-0.15, -0.1) is 0 Å². The minimum Gasteiger partial charge on any atom is -0.465 e. The van der Waals surface area contributed by atoms with Crippen molar-refractivity contribution >= 4 is 35.3 Å². The van der Waals surface area contributed by atoms with Gasteiger partial charge in [-0.05, 0) is 12.5 Å². The number of imide groups is 1. The lowest BCUT2D eigenvalue weighted by molar-refractivity contribution is -0.125. The standard InChI is InChI=1S/C20H21N5O5/c1-24(19(21)28)17-18(27)25(11-15(26)22-20(29)30)14-10-6-5-9-13(14)16(23-17)12-7-3-2-4-8-12/h2-7,9-10,12,17H,8,11H2,1H3,(H2,21,28)(H,22,26)(H,29,30). The van der Waals surface area contributed by atoms with Crippen LogP contribution in [-0.4, -0.2) is 59.4 Å². The van der Waals surface area contributed by atoms with Gasteiger partial charge < -0.3 is 10.8 Å². The van der Waals surface area contributed by atoms with Gasteiger partial charge in [-0.2, -0.15) is 0 Å². The molecular weight excluding hydrogens is 390 g/mol. The molecule has 1 heterocycles. The third kappa shape index (κ3) is 4.22. The molecule has 0 radical (unpaired) electrons. The van der Waals surface area contributed by atoms with Crippen molar-refractivity contribution in [3.8, 4) is 0 Å². The number of benzodiazepines with no additional fused rings is 1. The van der Waals surface area contributed by atoms with Crippen LogP contribution >= 0.6 is 0 Å². The second-order valence-corrected chi connectivity index (χ2v) is 6.79. The van der Waals surface area contributed by atoms with E-state index in [1.165, 1.54) is 7.05 Å². The molecule has 0 fully saturated rings. The number of anilines is 1. The van der Waals surface area contributed by atoms with E-state index in [0.717, 1.165) is 9.80 Å². The van der Waals surface area contributed by atoms with Gasteiger partial charge in [0, 0.05) is 18.5 Å². The normalized spacial score (nSPS) is 20.1. The van der Waals surface area contributed by atoms with Crippen molar-refractivity contribution in [1.29, 1.82) is 0 Å². The number of carbonyl (C=O) groups excluding carboxylic acids is 3. The number of fused-ring (bicyclic) bond motifs is 1. The van der Waals surface area contributed by atoms with E-state index >= 15 is 0 Å². The van der Waals surface area contributed by atoms with Gasteiger partial charge in [0.2, 0.25) is 12.1 Å². The highest BCUT2D eigenvalue weighted by molar-refractivity contribution is 6.16. The molecule has 3 rings (SSSR count). The highest BCUT2D eigenvalue weighted by Crippen LogP contribution is 2.31. The number of para-hydroxylation sites is 1. The third-order valence-electron chi connectivity index (χ3n) is 4.81. The Morgan fingerprint density at radius 2 is 2.03 bits per heavy atom. The molecule has 156 valence electrons. The summed E-state index contributed by atoms with van der Waals surface area (Å²) in [6.07, 6.45) is 5.49. The summed E-state index contributed by atoms with van der Waals surface area (Å²) in [7, 11) is 1.34. The monoisotopic (exact) mass is 411 g/mol. The summed E-state index contributed by atoms with van der Waals surface area (Å²) in [5.41, 5.74) is 6.96. The summed E-state index contributed by atoms with van der Waals surface area (Å²) in [6.45, 7) is -0.561. The molecule has 1 aliphatic carbocycles. The van der Waals surface area contributed by atoms with Gasteiger partial charge in [-0.3, -0.25) is 29.7 Å². The number of nitrogens with two attached hydrogens (primary N) is 1. The highest BCUT2D eigenvalue weighted by Gasteiger charge is 2.37. The molecule has 2 unspecified atom stereocenters. The number of aliphatic imine (C=N–C) groups is 1. The number of nitrogens with one attached hydrogen (secondary N) is 1. The zero-order chi connectivity index (χ0) is 21.8. The predicted octanol–water partition coefficient (Wildman–Crippen LogP) is 1.09. The molecule has 2 aliphatic rings. The summed E-state index contributed by atoms with van der Waals surface area (Å²) in [5, 5.41) is 10.5. The van der Waals surface area contributed by atoms with E-state index in [1.807, 2.05) is 24.3 Å². The first kappa shape index (κ1) is 20.8. The molecule has 0 saturated heterocycles. The largest absolute Gasteiger partial charge is 0.465 e. The molecule has 0 saturated carbocycles. The van der Waals surface area contributed by atoms with Crippen molar-refractivity contribution in [2.24, 2.45) is 16.6 Å². The lowest BCUT2D eigenvalue weighted by atomic mass is 9.90. The molecule has 5 amide bonds. The van der Waals surface area contributed by atoms with Crippen molar-refractivity contribution in [2.45, 2.75) is 12.6 Å². The van der Waals surface area contributed by atoms with E-state index < -0.39 is 36.6 Å². The number of primary amides is 1. The van der Waals surface area contributed by atoms with E-state index in [4.69, 9.17) is 10.8 Å². The van der Waals surface area contributed by atoms with E-state index in [2.05, 4.69) is 4.99 Å². The summed E-state index contributed by atoms with van der Waals surface area (Å²) < 4.78 is 0. The fourth-order valence-corrected chi connectivity index (χ4v) is 3.36. The van der Waals surface area contributed by atoms with Crippen molar-refractivity contribution in [3.63, 3.8) is 0 Å². The number of hydrogen-bond acceptors (Lipinski definition) is 5. The number of urea groups is 1. The molecular formula is C20H21N5O5. The SMILES string of the molecule is CN(C(N)=O)C1N=C(C2C=CC=CC2)c2ccccc2N(CC(=O)NC(=O)O)C1=O. The Morgan fingerprint density at radius 3 is 2.67 bits per heavy atom. The fourth-order valence-electron chi connectivity index (χ4n) is 3.36. The van der Waals surface area contributed by atoms with Gasteiger partial charge in [0.05, 0.1) is 11.4 Å². The maximum absolute atomic E-state index is 13.3. The van der Waals surface area contributed by atoms with Crippen LogP contribution in [-0.2, 0) is 9.59 Å². The molecule has 1 aromatic carbocycles. The van der Waals surface area contributed by atoms with E-state index in [9.17, 15) is 19.2 Å². The Bertz CT molecular complexity index is 984. The Kier molecular flexibility index (Phi) is 5.95. The quantitative estimate of drug-likeness (QED) is 0.679. The van der Waals surface area contributed by atoms with E-state index in [0.29, 0.717) is 23.4 Å². The van der Waals surface area contributed by atoms with Crippen LogP contribution in [0.2, 0.25) is 0 Å². The Labute approximate surface area is 172 Å². The molecule has 0 bridgehead atoms. The number of rotatable bonds is 4. The third-order valence-corrected chi connectivity index (χ3v) is 4.81. The number of amides is 5. The molecule has 4 N–H and O–H groups in total. The number of allylic oxidation sites excluding steroid dienone is 4. The average molecular weight is 411 g/mol. The summed E-state index contributed by atoms with van der Waals surface area (Å²) in [4.78, 5) is 54.8. The molecule has 1 aromatic rings. The maximum Gasteiger partial charge on any atom is 0.411 e. The Morgan fingerprint density at radius 1 is 1.30 bits per heavy atom. The van der Waals surface area contributed by atoms with Crippen molar-refractivity contribution < 1.29 is 24.3 Å². The van der Waals surface area contributed by atoms with Gasteiger partial charge in [0.25, 0.3) is 5.91 Å². The van der Waals surface area contributed by atoms with Gasteiger partial charge in [0.1, 0.15) is 6.54 Å². The van der Waals surface area contributed by atoms with Crippen LogP contribution < -0.4 is 16.0 Å². The molecule has 2 atom stereocenters. The van der Waals surface area contributed by atoms with Crippen LogP contribution in [0.25, 0.3) is 0 Å². The van der Waals surface area contributed by atoms with Crippen LogP contribution in [0.5, 0.6) is 0 Å². The smallest absolute Gasteiger partial charge is 0.411 e. The van der Waals surface area contributed by atoms with Gasteiger partial charge in [-0.25, -0.2) is 9.59 Å². The number of hydrogen-bond donors (Lipinski definition) is 3. The maximum atomic E-state index is 13.3. The number of carbonyl (C=O) groups is 4. The minimum atomic E-state index is -1.53. The first-order valence-electron chi connectivity index (χ1n) is 9.16. The lowest BCUT2D eigenvalue weighted by Gasteiger charge is -2.27. The molecule has 10 heteroatoms. The Balaban J connectivity index is 2.12. The molecule has 30 heavy (non-hydrogen) atoms. The van der Waals surface area contributed by atoms with Crippen molar-refractivity contribution in [2.75, 3.05) is 18.5 Å². The van der Waals surface area contributed by atoms with Gasteiger partial charge in [-0.1, -0.05) is 42.5 Å². The second-order valence-electron chi connectivity index (χ2n) is 6.79. The number of nitrogens with zero attached hydrogens (tertiary/aromatic N) is 3. The van der Waals surface area contributed by atoms with Crippen LogP contribution in [0.4, 0.5) is 15.3 Å². The molecule has 1 aliphatic heterocycles. The predicted molar refractivity (Wildman–Crippen MR) is 109 cm³/mol. The zero-order valence-corrected chi connectivity index (χ0v) is 16.2. The summed E-state index contributed by atoms with van der Waals surface area (Å²) >= 11 is 0. The number of carboxylic acid groups (broad SMARTS) is 1. The van der Waals surface area contributed by atoms with Gasteiger partial charge >= 0.3 is 12.1 Å². The molecule has 0 aromatic heterocycles. The summed E-state index contributed by atoms with van der Waals surface area (Å²) in [5.74, 6) is -1.72. The van der Waals surface area contributed by atoms with Crippen molar-refractivity contribution in [1.82, 2.24) is 10.2 Å². The zero-order valence-electron chi connectivity index (χ0n) is 16.2.